The van der Waals surface area contributed by atoms with Crippen molar-refractivity contribution in [2.45, 2.75) is 19.9 Å². The van der Waals surface area contributed by atoms with Gasteiger partial charge in [-0.3, -0.25) is 18.3 Å². The third kappa shape index (κ3) is 4.39. The molecule has 32 heavy (non-hydrogen) atoms. The van der Waals surface area contributed by atoms with E-state index in [0.29, 0.717) is 11.2 Å². The second kappa shape index (κ2) is 9.30. The van der Waals surface area contributed by atoms with Gasteiger partial charge in [0, 0.05) is 11.6 Å². The Labute approximate surface area is 189 Å². The number of anilines is 2. The van der Waals surface area contributed by atoms with E-state index in [-0.39, 0.29) is 23.2 Å². The predicted octanol–water partition coefficient (Wildman–Crippen LogP) is 4.97. The van der Waals surface area contributed by atoms with Crippen molar-refractivity contribution in [3.63, 3.8) is 0 Å². The minimum absolute atomic E-state index is 0.249. The minimum atomic E-state index is -2.68. The lowest BCUT2D eigenvalue weighted by atomic mass is 10.1. The van der Waals surface area contributed by atoms with E-state index in [1.165, 1.54) is 0 Å². The van der Waals surface area contributed by atoms with Crippen molar-refractivity contribution in [2.24, 2.45) is 0 Å². The fourth-order valence-electron chi connectivity index (χ4n) is 3.60. The number of hydrogen-bond donors (Lipinski definition) is 1. The molecule has 6 nitrogen and oxygen atoms in total. The van der Waals surface area contributed by atoms with E-state index in [1.807, 2.05) is 50.2 Å². The van der Waals surface area contributed by atoms with E-state index in [1.54, 1.807) is 48.7 Å². The van der Waals surface area contributed by atoms with E-state index in [9.17, 15) is 13.6 Å². The number of aromatic nitrogens is 1. The van der Waals surface area contributed by atoms with Crippen LogP contribution in [0.3, 0.4) is 0 Å². The molecule has 4 rings (SSSR count). The number of carbonyl (C=O) groups excluding carboxylic acids is 1. The van der Waals surface area contributed by atoms with Gasteiger partial charge in [-0.1, -0.05) is 60.2 Å². The van der Waals surface area contributed by atoms with Crippen LogP contribution < -0.4 is 9.62 Å². The molecule has 1 N–H and O–H groups in total. The normalized spacial score (nSPS) is 12.8. The van der Waals surface area contributed by atoms with Crippen LogP contribution in [0.15, 0.2) is 85.1 Å². The summed E-state index contributed by atoms with van der Waals surface area (Å²) in [4.78, 5) is 17.5. The Kier molecular flexibility index (Phi) is 6.30. The number of pyridine rings is 1. The standard InChI is InChI=1S/C25H23N3O3S/c1-17-12-14-19(15-13-17)18(2)27-25(29)21-9-3-4-10-22(21)28(32(30)31)23-11-5-7-20-8-6-16-26-24(20)23/h3-16,18H,1-2H3,(H,27,29)(H,30,31)/p-1. The van der Waals surface area contributed by atoms with E-state index in [2.05, 4.69) is 10.3 Å². The molecule has 0 saturated heterocycles. The molecule has 0 spiro atoms. The zero-order valence-corrected chi connectivity index (χ0v) is 18.5. The lowest BCUT2D eigenvalue weighted by molar-refractivity contribution is 0.0940. The summed E-state index contributed by atoms with van der Waals surface area (Å²) in [6.07, 6.45) is 1.61. The Balaban J connectivity index is 1.73. The predicted molar refractivity (Wildman–Crippen MR) is 126 cm³/mol. The molecule has 0 aliphatic rings. The van der Waals surface area contributed by atoms with Crippen LogP contribution >= 0.6 is 0 Å². The highest BCUT2D eigenvalue weighted by Gasteiger charge is 2.22. The average molecular weight is 445 g/mol. The van der Waals surface area contributed by atoms with Crippen LogP contribution in [0.25, 0.3) is 10.9 Å². The van der Waals surface area contributed by atoms with Gasteiger partial charge in [0.1, 0.15) is 0 Å². The van der Waals surface area contributed by atoms with E-state index < -0.39 is 11.3 Å². The Hall–Kier alpha value is -3.55. The first-order valence-electron chi connectivity index (χ1n) is 10.2. The van der Waals surface area contributed by atoms with Gasteiger partial charge >= 0.3 is 0 Å². The highest BCUT2D eigenvalue weighted by molar-refractivity contribution is 7.81. The summed E-state index contributed by atoms with van der Waals surface area (Å²) < 4.78 is 25.8. The maximum absolute atomic E-state index is 13.2. The molecule has 1 amide bonds. The second-order valence-corrected chi connectivity index (χ2v) is 8.29. The third-order valence-electron chi connectivity index (χ3n) is 5.27. The molecule has 0 bridgehead atoms. The molecule has 2 atom stereocenters. The SMILES string of the molecule is Cc1ccc(C(C)NC(=O)c2ccccc2N(c2cccc3cccnc23)S(=O)[O-])cc1. The summed E-state index contributed by atoms with van der Waals surface area (Å²) >= 11 is -2.68. The third-order valence-corrected chi connectivity index (χ3v) is 5.96. The molecule has 0 fully saturated rings. The monoisotopic (exact) mass is 444 g/mol. The maximum atomic E-state index is 13.2. The van der Waals surface area contributed by atoms with Gasteiger partial charge in [-0.25, -0.2) is 0 Å². The Morgan fingerprint density at radius 2 is 1.66 bits per heavy atom. The molecule has 162 valence electrons. The van der Waals surface area contributed by atoms with Crippen molar-refractivity contribution in [1.82, 2.24) is 10.3 Å². The molecule has 0 aliphatic carbocycles. The quantitative estimate of drug-likeness (QED) is 0.426. The Morgan fingerprint density at radius 3 is 2.41 bits per heavy atom. The van der Waals surface area contributed by atoms with Crippen LogP contribution in [0, 0.1) is 6.92 Å². The molecule has 2 unspecified atom stereocenters. The number of nitrogens with zero attached hydrogens (tertiary/aromatic N) is 2. The topological polar surface area (TPSA) is 85.4 Å². The van der Waals surface area contributed by atoms with Crippen LogP contribution in [0.2, 0.25) is 0 Å². The lowest BCUT2D eigenvalue weighted by Crippen LogP contribution is -2.29. The van der Waals surface area contributed by atoms with Gasteiger partial charge in [-0.05, 0) is 43.7 Å². The molecular weight excluding hydrogens is 422 g/mol. The Morgan fingerprint density at radius 1 is 0.969 bits per heavy atom. The average Bonchev–Trinajstić information content (AvgIpc) is 2.80. The summed E-state index contributed by atoms with van der Waals surface area (Å²) in [6, 6.07) is 23.3. The van der Waals surface area contributed by atoms with Gasteiger partial charge in [0.25, 0.3) is 5.91 Å². The molecule has 7 heteroatoms. The van der Waals surface area contributed by atoms with Crippen molar-refractivity contribution < 1.29 is 13.6 Å². The second-order valence-electron chi connectivity index (χ2n) is 7.49. The number of hydrogen-bond acceptors (Lipinski definition) is 4. The number of benzene rings is 3. The van der Waals surface area contributed by atoms with E-state index in [4.69, 9.17) is 0 Å². The van der Waals surface area contributed by atoms with Crippen molar-refractivity contribution in [3.05, 3.63) is 102 Å². The molecule has 0 saturated carbocycles. The van der Waals surface area contributed by atoms with Gasteiger partial charge < -0.3 is 9.87 Å². The van der Waals surface area contributed by atoms with Crippen LogP contribution in [0.4, 0.5) is 11.4 Å². The zero-order valence-electron chi connectivity index (χ0n) is 17.7. The van der Waals surface area contributed by atoms with Crippen LogP contribution in [-0.2, 0) is 11.3 Å². The first kappa shape index (κ1) is 21.7. The van der Waals surface area contributed by atoms with Crippen molar-refractivity contribution in [3.8, 4) is 0 Å². The molecule has 1 heterocycles. The minimum Gasteiger partial charge on any atom is -0.755 e. The molecule has 0 radical (unpaired) electrons. The summed E-state index contributed by atoms with van der Waals surface area (Å²) in [5, 5.41) is 3.77. The Bertz CT molecular complexity index is 1290. The zero-order chi connectivity index (χ0) is 22.7. The number of aryl methyl sites for hydroxylation is 1. The molecule has 4 aromatic rings. The largest absolute Gasteiger partial charge is 0.755 e. The van der Waals surface area contributed by atoms with Gasteiger partial charge in [-0.2, -0.15) is 0 Å². The number of rotatable bonds is 6. The first-order valence-corrected chi connectivity index (χ1v) is 11.2. The van der Waals surface area contributed by atoms with Crippen LogP contribution in [0.1, 0.15) is 34.5 Å². The molecule has 1 aromatic heterocycles. The van der Waals surface area contributed by atoms with Gasteiger partial charge in [0.15, 0.2) is 0 Å². The van der Waals surface area contributed by atoms with Gasteiger partial charge in [0.2, 0.25) is 0 Å². The fourth-order valence-corrected chi connectivity index (χ4v) is 4.23. The van der Waals surface area contributed by atoms with Crippen molar-refractivity contribution >= 4 is 39.5 Å². The molecule has 0 aliphatic heterocycles. The summed E-state index contributed by atoms with van der Waals surface area (Å²) in [5.41, 5.74) is 3.51. The van der Waals surface area contributed by atoms with E-state index in [0.717, 1.165) is 20.8 Å². The van der Waals surface area contributed by atoms with Crippen LogP contribution in [0.5, 0.6) is 0 Å². The van der Waals surface area contributed by atoms with Gasteiger partial charge in [-0.15, -0.1) is 0 Å². The first-order chi connectivity index (χ1) is 15.5. The highest BCUT2D eigenvalue weighted by Crippen LogP contribution is 2.34. The number of para-hydroxylation sites is 2. The smallest absolute Gasteiger partial charge is 0.253 e. The highest BCUT2D eigenvalue weighted by atomic mass is 32.2. The summed E-state index contributed by atoms with van der Waals surface area (Å²) in [7, 11) is 0. The van der Waals surface area contributed by atoms with Crippen LogP contribution in [-0.4, -0.2) is 19.7 Å². The molecular formula is C25H22N3O3S-. The maximum Gasteiger partial charge on any atom is 0.253 e. The molecule has 3 aromatic carbocycles. The number of nitrogens with one attached hydrogen (secondary N) is 1. The van der Waals surface area contributed by atoms with E-state index >= 15 is 0 Å². The van der Waals surface area contributed by atoms with Gasteiger partial charge in [0.05, 0.1) is 39.8 Å². The summed E-state index contributed by atoms with van der Waals surface area (Å²) in [6.45, 7) is 3.90. The lowest BCUT2D eigenvalue weighted by Gasteiger charge is -2.29. The number of amides is 1. The van der Waals surface area contributed by atoms with Crippen molar-refractivity contribution in [1.29, 1.82) is 0 Å². The number of fused-ring (bicyclic) bond motifs is 1. The summed E-state index contributed by atoms with van der Waals surface area (Å²) in [5.74, 6) is -0.364. The number of carbonyl (C=O) groups is 1. The van der Waals surface area contributed by atoms with Crippen molar-refractivity contribution in [2.75, 3.05) is 4.31 Å². The fraction of sp³-hybridized carbons (Fsp3) is 0.120.